The molecule has 0 fully saturated rings. The van der Waals surface area contributed by atoms with Gasteiger partial charge in [0.05, 0.1) is 0 Å². The summed E-state index contributed by atoms with van der Waals surface area (Å²) in [6.07, 6.45) is 18.7. The zero-order chi connectivity index (χ0) is 21.0. The fraction of sp³-hybridized carbons (Fsp3) is 0.913. The fourth-order valence-corrected chi connectivity index (χ4v) is 3.35. The fourth-order valence-electron chi connectivity index (χ4n) is 3.35. The van der Waals surface area contributed by atoms with Crippen LogP contribution < -0.4 is 5.32 Å². The highest BCUT2D eigenvalue weighted by molar-refractivity contribution is 5.84. The number of nitrogens with zero attached hydrogens (tertiary/aromatic N) is 1. The summed E-state index contributed by atoms with van der Waals surface area (Å²) >= 11 is 0. The summed E-state index contributed by atoms with van der Waals surface area (Å²) in [6, 6.07) is -0.540. The van der Waals surface area contributed by atoms with Gasteiger partial charge in [0, 0.05) is 20.5 Å². The van der Waals surface area contributed by atoms with E-state index in [0.717, 1.165) is 19.3 Å². The van der Waals surface area contributed by atoms with Gasteiger partial charge >= 0.3 is 5.97 Å². The Bertz CT molecular complexity index is 386. The van der Waals surface area contributed by atoms with Crippen molar-refractivity contribution in [1.29, 1.82) is 0 Å². The number of hydroxylamine groups is 2. The smallest absolute Gasteiger partial charge is 0.347 e. The minimum atomic E-state index is -0.540. The lowest BCUT2D eigenvalue weighted by Crippen LogP contribution is -2.43. The molecule has 0 bridgehead atoms. The van der Waals surface area contributed by atoms with Crippen molar-refractivity contribution in [3.05, 3.63) is 0 Å². The van der Waals surface area contributed by atoms with Crippen LogP contribution in [0.1, 0.15) is 117 Å². The molecule has 1 N–H and O–H groups in total. The molecule has 0 heterocycles. The first-order valence-electron chi connectivity index (χ1n) is 11.7. The van der Waals surface area contributed by atoms with Gasteiger partial charge in [-0.3, -0.25) is 4.79 Å². The number of hydrogen-bond acceptors (Lipinski definition) is 4. The largest absolute Gasteiger partial charge is 0.367 e. The maximum atomic E-state index is 12.1. The molecule has 0 saturated heterocycles. The van der Waals surface area contributed by atoms with Crippen LogP contribution in [0.4, 0.5) is 0 Å². The lowest BCUT2D eigenvalue weighted by atomic mass is 10.0. The molecule has 0 aromatic heterocycles. The average molecular weight is 399 g/mol. The molecule has 0 aliphatic rings. The van der Waals surface area contributed by atoms with Crippen molar-refractivity contribution in [3.8, 4) is 0 Å². The Balaban J connectivity index is 3.61. The van der Waals surface area contributed by atoms with Crippen molar-refractivity contribution >= 4 is 11.9 Å². The minimum absolute atomic E-state index is 0.0442. The molecule has 0 aromatic rings. The number of hydrogen-bond donors (Lipinski definition) is 1. The van der Waals surface area contributed by atoms with Crippen LogP contribution in [0.5, 0.6) is 0 Å². The van der Waals surface area contributed by atoms with Crippen molar-refractivity contribution in [2.75, 3.05) is 14.1 Å². The third kappa shape index (κ3) is 17.0. The molecule has 0 aromatic carbocycles. The first kappa shape index (κ1) is 26.9. The summed E-state index contributed by atoms with van der Waals surface area (Å²) in [5.41, 5.74) is 0. The second-order valence-corrected chi connectivity index (χ2v) is 8.12. The van der Waals surface area contributed by atoms with Crippen LogP contribution in [0.15, 0.2) is 0 Å². The van der Waals surface area contributed by atoms with Crippen LogP contribution in [-0.2, 0) is 14.4 Å². The molecule has 0 saturated carbocycles. The van der Waals surface area contributed by atoms with Crippen molar-refractivity contribution in [2.45, 2.75) is 123 Å². The van der Waals surface area contributed by atoms with Crippen LogP contribution in [-0.4, -0.2) is 37.1 Å². The molecule has 166 valence electrons. The van der Waals surface area contributed by atoms with E-state index in [0.29, 0.717) is 12.8 Å². The molecule has 0 aliphatic heterocycles. The van der Waals surface area contributed by atoms with Gasteiger partial charge in [-0.05, 0) is 12.8 Å². The van der Waals surface area contributed by atoms with E-state index in [-0.39, 0.29) is 11.9 Å². The number of amides is 1. The van der Waals surface area contributed by atoms with Crippen LogP contribution in [0.2, 0.25) is 0 Å². The van der Waals surface area contributed by atoms with E-state index < -0.39 is 6.04 Å². The Labute approximate surface area is 173 Å². The van der Waals surface area contributed by atoms with Crippen LogP contribution in [0.3, 0.4) is 0 Å². The summed E-state index contributed by atoms with van der Waals surface area (Å²) in [7, 11) is 3.33. The van der Waals surface area contributed by atoms with Crippen LogP contribution in [0.25, 0.3) is 0 Å². The highest BCUT2D eigenvalue weighted by Gasteiger charge is 2.22. The van der Waals surface area contributed by atoms with E-state index in [1.165, 1.54) is 75.7 Å². The lowest BCUT2D eigenvalue weighted by molar-refractivity contribution is -0.181. The van der Waals surface area contributed by atoms with Gasteiger partial charge in [0.15, 0.2) is 0 Å². The van der Waals surface area contributed by atoms with Gasteiger partial charge in [0.25, 0.3) is 0 Å². The molecule has 5 nitrogen and oxygen atoms in total. The van der Waals surface area contributed by atoms with E-state index >= 15 is 0 Å². The Morgan fingerprint density at radius 3 is 1.64 bits per heavy atom. The SMILES string of the molecule is CCCCCCCCCCCCCCCC(=O)NC(CCC)C(=O)ON(C)C. The van der Waals surface area contributed by atoms with Gasteiger partial charge in [-0.15, -0.1) is 5.06 Å². The molecule has 0 rings (SSSR count). The second kappa shape index (κ2) is 19.2. The van der Waals surface area contributed by atoms with Gasteiger partial charge in [-0.1, -0.05) is 97.3 Å². The number of carbonyl (C=O) groups is 2. The number of carbonyl (C=O) groups excluding carboxylic acids is 2. The predicted molar refractivity (Wildman–Crippen MR) is 117 cm³/mol. The molecule has 5 heteroatoms. The topological polar surface area (TPSA) is 58.6 Å². The van der Waals surface area contributed by atoms with Crippen LogP contribution >= 0.6 is 0 Å². The van der Waals surface area contributed by atoms with E-state index in [1.54, 1.807) is 14.1 Å². The zero-order valence-corrected chi connectivity index (χ0v) is 19.1. The number of rotatable bonds is 19. The molecule has 0 spiro atoms. The second-order valence-electron chi connectivity index (χ2n) is 8.12. The first-order valence-corrected chi connectivity index (χ1v) is 11.7. The Kier molecular flexibility index (Phi) is 18.5. The molecule has 28 heavy (non-hydrogen) atoms. The third-order valence-electron chi connectivity index (χ3n) is 4.98. The molecule has 0 aliphatic carbocycles. The van der Waals surface area contributed by atoms with Gasteiger partial charge in [0.2, 0.25) is 5.91 Å². The monoisotopic (exact) mass is 398 g/mol. The third-order valence-corrected chi connectivity index (χ3v) is 4.98. The van der Waals surface area contributed by atoms with Crippen molar-refractivity contribution in [3.63, 3.8) is 0 Å². The maximum Gasteiger partial charge on any atom is 0.347 e. The van der Waals surface area contributed by atoms with Crippen molar-refractivity contribution < 1.29 is 14.4 Å². The molecule has 1 atom stereocenters. The molecular weight excluding hydrogens is 352 g/mol. The summed E-state index contributed by atoms with van der Waals surface area (Å²) in [4.78, 5) is 29.1. The summed E-state index contributed by atoms with van der Waals surface area (Å²) in [5.74, 6) is -0.428. The van der Waals surface area contributed by atoms with E-state index in [2.05, 4.69) is 12.2 Å². The zero-order valence-electron chi connectivity index (χ0n) is 19.1. The highest BCUT2D eigenvalue weighted by Crippen LogP contribution is 2.13. The van der Waals surface area contributed by atoms with Crippen LogP contribution in [0, 0.1) is 0 Å². The van der Waals surface area contributed by atoms with E-state index in [4.69, 9.17) is 4.84 Å². The maximum absolute atomic E-state index is 12.1. The Morgan fingerprint density at radius 2 is 1.21 bits per heavy atom. The van der Waals surface area contributed by atoms with E-state index in [1.807, 2.05) is 6.92 Å². The summed E-state index contributed by atoms with van der Waals surface area (Å²) < 4.78 is 0. The minimum Gasteiger partial charge on any atom is -0.367 e. The summed E-state index contributed by atoms with van der Waals surface area (Å²) in [6.45, 7) is 4.26. The van der Waals surface area contributed by atoms with Crippen molar-refractivity contribution in [1.82, 2.24) is 10.4 Å². The Hall–Kier alpha value is -1.10. The number of unbranched alkanes of at least 4 members (excludes halogenated alkanes) is 12. The lowest BCUT2D eigenvalue weighted by Gasteiger charge is -2.19. The predicted octanol–water partition coefficient (Wildman–Crippen LogP) is 5.77. The highest BCUT2D eigenvalue weighted by atomic mass is 16.7. The molecule has 1 unspecified atom stereocenters. The quantitative estimate of drug-likeness (QED) is 0.221. The van der Waals surface area contributed by atoms with Gasteiger partial charge in [-0.2, -0.15) is 0 Å². The van der Waals surface area contributed by atoms with Gasteiger partial charge < -0.3 is 10.2 Å². The molecule has 0 radical (unpaired) electrons. The van der Waals surface area contributed by atoms with E-state index in [9.17, 15) is 9.59 Å². The number of nitrogens with one attached hydrogen (secondary N) is 1. The van der Waals surface area contributed by atoms with Gasteiger partial charge in [-0.25, -0.2) is 4.79 Å². The van der Waals surface area contributed by atoms with Crippen molar-refractivity contribution in [2.24, 2.45) is 0 Å². The normalized spacial score (nSPS) is 12.2. The Morgan fingerprint density at radius 1 is 0.750 bits per heavy atom. The van der Waals surface area contributed by atoms with Gasteiger partial charge in [0.1, 0.15) is 6.04 Å². The average Bonchev–Trinajstić information content (AvgIpc) is 2.64. The molecule has 1 amide bonds. The molecular formula is C23H46N2O3. The standard InChI is InChI=1S/C23H46N2O3/c1-5-7-8-9-10-11-12-13-14-15-16-17-18-20-22(26)24-21(19-6-2)23(27)28-25(3)4/h21H,5-20H2,1-4H3,(H,24,26). The summed E-state index contributed by atoms with van der Waals surface area (Å²) in [5, 5.41) is 4.19. The first-order chi connectivity index (χ1) is 13.5.